The van der Waals surface area contributed by atoms with Crippen LogP contribution in [0.2, 0.25) is 0 Å². The molecule has 4 heteroatoms. The summed E-state index contributed by atoms with van der Waals surface area (Å²) >= 11 is 0. The summed E-state index contributed by atoms with van der Waals surface area (Å²) in [5.41, 5.74) is 1.96. The van der Waals surface area contributed by atoms with Gasteiger partial charge in [-0.1, -0.05) is 48.5 Å². The lowest BCUT2D eigenvalue weighted by Gasteiger charge is -2.21. The van der Waals surface area contributed by atoms with Crippen molar-refractivity contribution in [1.82, 2.24) is 5.32 Å². The minimum Gasteiger partial charge on any atom is -0.347 e. The van der Waals surface area contributed by atoms with Gasteiger partial charge in [0.25, 0.3) is 0 Å². The lowest BCUT2D eigenvalue weighted by molar-refractivity contribution is -0.124. The van der Waals surface area contributed by atoms with E-state index in [4.69, 9.17) is 0 Å². The zero-order valence-corrected chi connectivity index (χ0v) is 13.4. The van der Waals surface area contributed by atoms with E-state index in [0.29, 0.717) is 19.4 Å². The molecule has 2 aromatic carbocycles. The highest BCUT2D eigenvalue weighted by Gasteiger charge is 2.14. The van der Waals surface area contributed by atoms with Crippen LogP contribution in [0.5, 0.6) is 0 Å². The Bertz CT molecular complexity index is 626. The van der Waals surface area contributed by atoms with E-state index in [1.54, 1.807) is 4.90 Å². The van der Waals surface area contributed by atoms with Gasteiger partial charge in [0.1, 0.15) is 0 Å². The first-order valence-electron chi connectivity index (χ1n) is 7.86. The average Bonchev–Trinajstić information content (AvgIpc) is 2.60. The third-order valence-electron chi connectivity index (χ3n) is 3.61. The van der Waals surface area contributed by atoms with E-state index in [1.165, 1.54) is 0 Å². The number of carbonyl (C=O) groups excluding carboxylic acids is 2. The van der Waals surface area contributed by atoms with Crippen LogP contribution in [0, 0.1) is 0 Å². The number of hydrogen-bond donors (Lipinski definition) is 1. The smallest absolute Gasteiger partial charge is 0.246 e. The predicted molar refractivity (Wildman–Crippen MR) is 92.2 cm³/mol. The van der Waals surface area contributed by atoms with Crippen molar-refractivity contribution < 1.29 is 9.59 Å². The summed E-state index contributed by atoms with van der Waals surface area (Å²) in [6, 6.07) is 19.3. The number of nitrogens with one attached hydrogen (secondary N) is 1. The summed E-state index contributed by atoms with van der Waals surface area (Å²) < 4.78 is 0. The van der Waals surface area contributed by atoms with E-state index >= 15 is 0 Å². The van der Waals surface area contributed by atoms with Crippen LogP contribution in [0.15, 0.2) is 60.7 Å². The van der Waals surface area contributed by atoms with E-state index < -0.39 is 0 Å². The standard InChI is InChI=1S/C19H22N2O2/c1-2-21(17-11-7-4-8-12-17)19(23)15-20-18(22)14-13-16-9-5-3-6-10-16/h3-12H,2,13-15H2,1H3,(H,20,22). The molecule has 120 valence electrons. The minimum atomic E-state index is -0.105. The molecule has 0 atom stereocenters. The fourth-order valence-electron chi connectivity index (χ4n) is 2.37. The number of rotatable bonds is 7. The van der Waals surface area contributed by atoms with Crippen LogP contribution in [-0.4, -0.2) is 24.9 Å². The average molecular weight is 310 g/mol. The minimum absolute atomic E-state index is 0.0242. The predicted octanol–water partition coefficient (Wildman–Crippen LogP) is 2.79. The van der Waals surface area contributed by atoms with Crippen LogP contribution < -0.4 is 10.2 Å². The van der Waals surface area contributed by atoms with Crippen molar-refractivity contribution >= 4 is 17.5 Å². The van der Waals surface area contributed by atoms with E-state index in [0.717, 1.165) is 11.3 Å². The highest BCUT2D eigenvalue weighted by atomic mass is 16.2. The number of benzene rings is 2. The van der Waals surface area contributed by atoms with Crippen molar-refractivity contribution in [1.29, 1.82) is 0 Å². The number of amides is 2. The Morgan fingerprint density at radius 1 is 0.957 bits per heavy atom. The highest BCUT2D eigenvalue weighted by molar-refractivity contribution is 5.96. The second-order valence-corrected chi connectivity index (χ2v) is 5.24. The number of aryl methyl sites for hydroxylation is 1. The van der Waals surface area contributed by atoms with E-state index in [2.05, 4.69) is 5.32 Å². The Labute approximate surface area is 137 Å². The van der Waals surface area contributed by atoms with Gasteiger partial charge in [-0.2, -0.15) is 0 Å². The van der Waals surface area contributed by atoms with Gasteiger partial charge in [0.15, 0.2) is 0 Å². The Hall–Kier alpha value is -2.62. The van der Waals surface area contributed by atoms with Gasteiger partial charge < -0.3 is 10.2 Å². The first kappa shape index (κ1) is 16.7. The number of nitrogens with zero attached hydrogens (tertiary/aromatic N) is 1. The normalized spacial score (nSPS) is 10.1. The molecule has 0 aliphatic rings. The van der Waals surface area contributed by atoms with Gasteiger partial charge >= 0.3 is 0 Å². The van der Waals surface area contributed by atoms with E-state index in [-0.39, 0.29) is 18.4 Å². The van der Waals surface area contributed by atoms with Crippen LogP contribution in [0.1, 0.15) is 18.9 Å². The molecule has 2 aromatic rings. The molecule has 0 radical (unpaired) electrons. The second-order valence-electron chi connectivity index (χ2n) is 5.24. The molecular weight excluding hydrogens is 288 g/mol. The van der Waals surface area contributed by atoms with Gasteiger partial charge in [0.05, 0.1) is 6.54 Å². The maximum absolute atomic E-state index is 12.3. The van der Waals surface area contributed by atoms with Gasteiger partial charge in [-0.25, -0.2) is 0 Å². The molecule has 1 N–H and O–H groups in total. The molecule has 0 unspecified atom stereocenters. The maximum Gasteiger partial charge on any atom is 0.246 e. The Morgan fingerprint density at radius 3 is 2.17 bits per heavy atom. The molecule has 2 amide bonds. The monoisotopic (exact) mass is 310 g/mol. The highest BCUT2D eigenvalue weighted by Crippen LogP contribution is 2.12. The number of hydrogen-bond acceptors (Lipinski definition) is 2. The molecular formula is C19H22N2O2. The SMILES string of the molecule is CCN(C(=O)CNC(=O)CCc1ccccc1)c1ccccc1. The van der Waals surface area contributed by atoms with Gasteiger partial charge in [-0.15, -0.1) is 0 Å². The van der Waals surface area contributed by atoms with Gasteiger partial charge in [-0.05, 0) is 31.0 Å². The fourth-order valence-corrected chi connectivity index (χ4v) is 2.37. The zero-order valence-electron chi connectivity index (χ0n) is 13.4. The molecule has 0 saturated heterocycles. The molecule has 0 saturated carbocycles. The molecule has 23 heavy (non-hydrogen) atoms. The molecule has 0 bridgehead atoms. The number of anilines is 1. The van der Waals surface area contributed by atoms with Crippen molar-refractivity contribution in [3.8, 4) is 0 Å². The third-order valence-corrected chi connectivity index (χ3v) is 3.61. The first-order chi connectivity index (χ1) is 11.2. The van der Waals surface area contributed by atoms with Crippen molar-refractivity contribution in [2.45, 2.75) is 19.8 Å². The van der Waals surface area contributed by atoms with E-state index in [9.17, 15) is 9.59 Å². The topological polar surface area (TPSA) is 49.4 Å². The third kappa shape index (κ3) is 5.25. The summed E-state index contributed by atoms with van der Waals surface area (Å²) in [6.07, 6.45) is 1.06. The second kappa shape index (κ2) is 8.73. The molecule has 0 aliphatic carbocycles. The zero-order chi connectivity index (χ0) is 16.5. The molecule has 0 spiro atoms. The summed E-state index contributed by atoms with van der Waals surface area (Å²) in [6.45, 7) is 2.52. The van der Waals surface area contributed by atoms with Crippen molar-refractivity contribution in [3.63, 3.8) is 0 Å². The van der Waals surface area contributed by atoms with Crippen LogP contribution in [0.25, 0.3) is 0 Å². The molecule has 2 rings (SSSR count). The molecule has 0 heterocycles. The van der Waals surface area contributed by atoms with Crippen LogP contribution in [-0.2, 0) is 16.0 Å². The van der Waals surface area contributed by atoms with Gasteiger partial charge in [-0.3, -0.25) is 9.59 Å². The fraction of sp³-hybridized carbons (Fsp3) is 0.263. The van der Waals surface area contributed by atoms with Crippen molar-refractivity contribution in [2.24, 2.45) is 0 Å². The number of likely N-dealkylation sites (N-methyl/N-ethyl adjacent to an activating group) is 1. The quantitative estimate of drug-likeness (QED) is 0.855. The first-order valence-corrected chi connectivity index (χ1v) is 7.86. The number of carbonyl (C=O) groups is 2. The molecule has 0 aliphatic heterocycles. The largest absolute Gasteiger partial charge is 0.347 e. The van der Waals surface area contributed by atoms with Crippen molar-refractivity contribution in [3.05, 3.63) is 66.2 Å². The Balaban J connectivity index is 1.80. The Morgan fingerprint density at radius 2 is 1.57 bits per heavy atom. The van der Waals surface area contributed by atoms with Gasteiger partial charge in [0.2, 0.25) is 11.8 Å². The lowest BCUT2D eigenvalue weighted by Crippen LogP contribution is -2.40. The maximum atomic E-state index is 12.3. The van der Waals surface area contributed by atoms with Crippen LogP contribution >= 0.6 is 0 Å². The molecule has 0 aromatic heterocycles. The lowest BCUT2D eigenvalue weighted by atomic mass is 10.1. The van der Waals surface area contributed by atoms with Crippen LogP contribution in [0.3, 0.4) is 0 Å². The van der Waals surface area contributed by atoms with Crippen molar-refractivity contribution in [2.75, 3.05) is 18.0 Å². The summed E-state index contributed by atoms with van der Waals surface area (Å²) in [5, 5.41) is 2.71. The van der Waals surface area contributed by atoms with Gasteiger partial charge in [0, 0.05) is 18.7 Å². The molecule has 0 fully saturated rings. The Kier molecular flexibility index (Phi) is 6.36. The number of para-hydroxylation sites is 1. The van der Waals surface area contributed by atoms with E-state index in [1.807, 2.05) is 67.6 Å². The summed E-state index contributed by atoms with van der Waals surface area (Å²) in [7, 11) is 0. The molecule has 4 nitrogen and oxygen atoms in total. The summed E-state index contributed by atoms with van der Waals surface area (Å²) in [5.74, 6) is -0.210. The van der Waals surface area contributed by atoms with Crippen LogP contribution in [0.4, 0.5) is 5.69 Å². The summed E-state index contributed by atoms with van der Waals surface area (Å²) in [4.78, 5) is 25.8.